The molecule has 0 unspecified atom stereocenters. The predicted molar refractivity (Wildman–Crippen MR) is 29.2 cm³/mol. The summed E-state index contributed by atoms with van der Waals surface area (Å²) >= 11 is 0. The van der Waals surface area contributed by atoms with Crippen molar-refractivity contribution in [1.29, 1.82) is 0 Å². The predicted octanol–water partition coefficient (Wildman–Crippen LogP) is -20.2. The molecule has 12 heteroatoms. The van der Waals surface area contributed by atoms with Crippen LogP contribution in [0.15, 0.2) is 0 Å². The average Bonchev–Trinajstić information content (AvgIpc) is 1.82. The fraction of sp³-hybridized carbons (Fsp3) is 0.500. The van der Waals surface area contributed by atoms with Crippen molar-refractivity contribution in [3.05, 3.63) is 0 Å². The Kier molecular flexibility index (Phi) is 37.0. The fourth-order valence-electron chi connectivity index (χ4n) is 0.684. The molecule has 0 amide bonds. The molecule has 0 bridgehead atoms. The molecule has 0 aliphatic heterocycles. The Morgan fingerprint density at radius 3 is 1.17 bits per heavy atom. The van der Waals surface area contributed by atoms with Crippen LogP contribution in [0.1, 0.15) is 12.8 Å². The van der Waals surface area contributed by atoms with Crippen molar-refractivity contribution in [3.63, 3.8) is 0 Å². The number of rotatable bonds is 5. The second kappa shape index (κ2) is 17.9. The maximum Gasteiger partial charge on any atom is 1.00 e. The van der Waals surface area contributed by atoms with Gasteiger partial charge in [-0.05, 0) is 0 Å². The van der Waals surface area contributed by atoms with Gasteiger partial charge in [-0.15, -0.1) is 0 Å². The first-order valence-corrected chi connectivity index (χ1v) is 3.11. The third-order valence-corrected chi connectivity index (χ3v) is 1.25. The number of aliphatic carboxylic acids is 3. The Labute approximate surface area is 202 Å². The summed E-state index contributed by atoms with van der Waals surface area (Å²) in [6, 6.07) is 0. The molecule has 0 aromatic rings. The van der Waals surface area contributed by atoms with Crippen molar-refractivity contribution in [3.8, 4) is 0 Å². The molecule has 0 rings (SSSR count). The number of carboxylic acids is 3. The first-order chi connectivity index (χ1) is 5.78. The topological polar surface area (TPSA) is 141 Å². The van der Waals surface area contributed by atoms with E-state index in [1.165, 1.54) is 0 Å². The third-order valence-electron chi connectivity index (χ3n) is 1.25. The van der Waals surface area contributed by atoms with E-state index in [1.54, 1.807) is 0 Å². The van der Waals surface area contributed by atoms with E-state index < -0.39 is 36.4 Å². The Bertz CT molecular complexity index is 246. The molecular weight excluding hydrogens is 356 g/mol. The van der Waals surface area contributed by atoms with E-state index in [-0.39, 0.29) is 135 Å². The number of carboxylic acid groups (broad SMARTS) is 3. The maximum absolute atomic E-state index is 10.1. The minimum atomic E-state index is -2.97. The minimum Gasteiger partial charge on any atom is -1.00 e. The van der Waals surface area contributed by atoms with Crippen LogP contribution in [0.4, 0.5) is 0 Å². The molecule has 0 fully saturated rings. The molecule has 0 atom stereocenters. The SMILES string of the molecule is O=C([O-])CC(O)(CC(=O)[O-])C(=O)[O-].[Br-].[Na+].[Na+].[Na+].[Na+]. The molecule has 18 heavy (non-hydrogen) atoms. The number of hydrogen-bond donors (Lipinski definition) is 1. The summed E-state index contributed by atoms with van der Waals surface area (Å²) in [6.45, 7) is 0. The molecule has 0 aliphatic carbocycles. The first-order valence-electron chi connectivity index (χ1n) is 3.11. The monoisotopic (exact) mass is 360 g/mol. The van der Waals surface area contributed by atoms with Gasteiger partial charge in [-0.1, -0.05) is 0 Å². The molecule has 0 saturated heterocycles. The van der Waals surface area contributed by atoms with Gasteiger partial charge in [0.25, 0.3) is 0 Å². The van der Waals surface area contributed by atoms with Crippen molar-refractivity contribution in [2.24, 2.45) is 0 Å². The van der Waals surface area contributed by atoms with Crippen molar-refractivity contribution in [2.45, 2.75) is 18.4 Å². The van der Waals surface area contributed by atoms with Gasteiger partial charge in [-0.2, -0.15) is 0 Å². The van der Waals surface area contributed by atoms with Crippen molar-refractivity contribution >= 4 is 17.9 Å². The van der Waals surface area contributed by atoms with E-state index >= 15 is 0 Å². The Morgan fingerprint density at radius 1 is 0.833 bits per heavy atom. The second-order valence-corrected chi connectivity index (χ2v) is 2.42. The quantitative estimate of drug-likeness (QED) is 0.480. The van der Waals surface area contributed by atoms with Crippen LogP contribution in [0.2, 0.25) is 0 Å². The van der Waals surface area contributed by atoms with Crippen molar-refractivity contribution < 1.29 is 170 Å². The van der Waals surface area contributed by atoms with Gasteiger partial charge in [0.15, 0.2) is 0 Å². The fourth-order valence-corrected chi connectivity index (χ4v) is 0.684. The average molecular weight is 361 g/mol. The summed E-state index contributed by atoms with van der Waals surface area (Å²) in [4.78, 5) is 30.0. The Morgan fingerprint density at radius 2 is 1.06 bits per heavy atom. The van der Waals surface area contributed by atoms with Crippen LogP contribution >= 0.6 is 0 Å². The summed E-state index contributed by atoms with van der Waals surface area (Å²) in [7, 11) is 0. The van der Waals surface area contributed by atoms with Crippen LogP contribution in [0.25, 0.3) is 0 Å². The number of halogens is 1. The number of carbonyl (C=O) groups is 3. The Balaban J connectivity index is -0.0000000720. The van der Waals surface area contributed by atoms with Gasteiger partial charge in [0.1, 0.15) is 5.60 Å². The maximum atomic E-state index is 10.1. The number of carbonyl (C=O) groups excluding carboxylic acids is 3. The summed E-state index contributed by atoms with van der Waals surface area (Å²) in [5, 5.41) is 38.9. The summed E-state index contributed by atoms with van der Waals surface area (Å²) in [6.07, 6.45) is -2.72. The molecule has 7 nitrogen and oxygen atoms in total. The molecule has 82 valence electrons. The number of hydrogen-bond acceptors (Lipinski definition) is 7. The van der Waals surface area contributed by atoms with Crippen LogP contribution in [-0.2, 0) is 14.4 Å². The Hall–Kier alpha value is 2.85. The van der Waals surface area contributed by atoms with Crippen LogP contribution in [0.5, 0.6) is 0 Å². The smallest absolute Gasteiger partial charge is 1.00 e. The van der Waals surface area contributed by atoms with E-state index in [1.807, 2.05) is 0 Å². The van der Waals surface area contributed by atoms with Crippen LogP contribution in [0.3, 0.4) is 0 Å². The van der Waals surface area contributed by atoms with Gasteiger partial charge in [-0.25, -0.2) is 0 Å². The van der Waals surface area contributed by atoms with E-state index in [9.17, 15) is 29.7 Å². The summed E-state index contributed by atoms with van der Waals surface area (Å²) in [5.41, 5.74) is -2.97. The normalized spacial score (nSPS) is 7.83. The van der Waals surface area contributed by atoms with Gasteiger partial charge in [-0.3, -0.25) is 0 Å². The zero-order chi connectivity index (χ0) is 10.6. The van der Waals surface area contributed by atoms with Crippen LogP contribution in [-0.4, -0.2) is 28.6 Å². The first kappa shape index (κ1) is 37.3. The van der Waals surface area contributed by atoms with Gasteiger partial charge < -0.3 is 51.8 Å². The van der Waals surface area contributed by atoms with Crippen molar-refractivity contribution in [1.82, 2.24) is 0 Å². The largest absolute Gasteiger partial charge is 1.00 e. The zero-order valence-corrected chi connectivity index (χ0v) is 20.3. The molecule has 1 N–H and O–H groups in total. The van der Waals surface area contributed by atoms with E-state index in [4.69, 9.17) is 5.11 Å². The van der Waals surface area contributed by atoms with Gasteiger partial charge >= 0.3 is 118 Å². The minimum absolute atomic E-state index is 0. The summed E-state index contributed by atoms with van der Waals surface area (Å²) in [5.74, 6) is -5.98. The summed E-state index contributed by atoms with van der Waals surface area (Å²) < 4.78 is 0. The second-order valence-electron chi connectivity index (χ2n) is 2.42. The molecule has 0 spiro atoms. The van der Waals surface area contributed by atoms with Gasteiger partial charge in [0.05, 0.1) is 5.97 Å². The standard InChI is InChI=1S/C6H8O7.BrH.4Na/c7-3(8)1-6(13,5(11)12)2-4(9)10;;;;;/h13H,1-2H2,(H,7,8)(H,9,10)(H,11,12);1H;;;;/q;;4*+1/p-4. The van der Waals surface area contributed by atoms with Crippen LogP contribution in [0, 0.1) is 0 Å². The van der Waals surface area contributed by atoms with Crippen LogP contribution < -0.4 is 151 Å². The molecule has 0 aromatic heterocycles. The van der Waals surface area contributed by atoms with E-state index in [0.29, 0.717) is 0 Å². The number of aliphatic hydroxyl groups is 1. The molecule has 0 saturated carbocycles. The van der Waals surface area contributed by atoms with E-state index in [2.05, 4.69) is 0 Å². The van der Waals surface area contributed by atoms with Gasteiger partial charge in [0, 0.05) is 24.8 Å². The van der Waals surface area contributed by atoms with E-state index in [0.717, 1.165) is 0 Å². The molecular formula is C6H5BrNa4O7. The molecule has 0 radical (unpaired) electrons. The molecule has 0 aromatic carbocycles. The third kappa shape index (κ3) is 16.9. The molecule has 0 aliphatic rings. The van der Waals surface area contributed by atoms with Gasteiger partial charge in [0.2, 0.25) is 0 Å². The zero-order valence-electron chi connectivity index (χ0n) is 10.7. The van der Waals surface area contributed by atoms with Crippen molar-refractivity contribution in [2.75, 3.05) is 0 Å². The molecule has 0 heterocycles.